The van der Waals surface area contributed by atoms with Crippen LogP contribution in [0.3, 0.4) is 0 Å². The highest BCUT2D eigenvalue weighted by atomic mass is 79.9. The van der Waals surface area contributed by atoms with Crippen LogP contribution in [-0.2, 0) is 31.9 Å². The van der Waals surface area contributed by atoms with E-state index in [-0.39, 0.29) is 17.8 Å². The Morgan fingerprint density at radius 3 is 1.62 bits per heavy atom. The van der Waals surface area contributed by atoms with Gasteiger partial charge in [-0.15, -0.1) is 0 Å². The van der Waals surface area contributed by atoms with Gasteiger partial charge < -0.3 is 29.3 Å². The first-order chi connectivity index (χ1) is 24.0. The normalized spacial score (nSPS) is 12.4. The minimum atomic E-state index is -1.51. The molecule has 2 N–H and O–H groups in total. The van der Waals surface area contributed by atoms with Gasteiger partial charge in [0.05, 0.1) is 53.8 Å². The Kier molecular flexibility index (Phi) is 13.4. The van der Waals surface area contributed by atoms with E-state index < -0.39 is 13.1 Å². The number of benzene rings is 2. The number of anilines is 2. The molecule has 2 aliphatic heterocycles. The van der Waals surface area contributed by atoms with E-state index in [2.05, 4.69) is 30.6 Å². The topological polar surface area (TPSA) is 159 Å². The molecule has 2 aliphatic rings. The van der Waals surface area contributed by atoms with Crippen LogP contribution in [0, 0.1) is 0 Å². The van der Waals surface area contributed by atoms with Gasteiger partial charge in [-0.1, -0.05) is 38.1 Å². The minimum Gasteiger partial charge on any atom is -0.465 e. The number of hydrogen-bond acceptors (Lipinski definition) is 10. The lowest BCUT2D eigenvalue weighted by Gasteiger charge is -2.16. The lowest BCUT2D eigenvalue weighted by Crippen LogP contribution is -2.29. The van der Waals surface area contributed by atoms with Crippen molar-refractivity contribution in [3.05, 3.63) is 99.9 Å². The third-order valence-corrected chi connectivity index (χ3v) is 8.47. The molecule has 2 aromatic heterocycles. The highest BCUT2D eigenvalue weighted by Gasteiger charge is 2.26. The third kappa shape index (κ3) is 9.20. The van der Waals surface area contributed by atoms with E-state index in [1.54, 1.807) is 17.0 Å². The van der Waals surface area contributed by atoms with Gasteiger partial charge in [-0.3, -0.25) is 14.6 Å². The molecule has 50 heavy (non-hydrogen) atoms. The van der Waals surface area contributed by atoms with Crippen LogP contribution in [-0.4, -0.2) is 78.2 Å². The fourth-order valence-corrected chi connectivity index (χ4v) is 5.71. The fraction of sp³-hybridized carbons (Fsp3) is 0.278. The first kappa shape index (κ1) is 37.9. The van der Waals surface area contributed by atoms with Crippen LogP contribution in [0.25, 0.3) is 11.3 Å². The number of methoxy groups -OCH3 is 2. The van der Waals surface area contributed by atoms with E-state index in [1.165, 1.54) is 38.5 Å². The Hall–Kier alpha value is -4.92. The molecule has 2 aromatic carbocycles. The molecular formula is C36H38BBrN4O8. The Balaban J connectivity index is 0.000000180. The van der Waals surface area contributed by atoms with Gasteiger partial charge in [0, 0.05) is 44.3 Å². The van der Waals surface area contributed by atoms with Crippen LogP contribution in [0.2, 0.25) is 0 Å². The maximum absolute atomic E-state index is 11.9. The largest absolute Gasteiger partial charge is 0.488 e. The monoisotopic (exact) mass is 744 g/mol. The summed E-state index contributed by atoms with van der Waals surface area (Å²) in [6.07, 6.45) is 2.68. The van der Waals surface area contributed by atoms with Gasteiger partial charge >= 0.3 is 19.1 Å². The number of carbonyl (C=O) groups is 4. The van der Waals surface area contributed by atoms with E-state index >= 15 is 0 Å². The molecule has 4 heterocycles. The van der Waals surface area contributed by atoms with Crippen LogP contribution in [0.5, 0.6) is 0 Å². The van der Waals surface area contributed by atoms with Crippen molar-refractivity contribution in [1.29, 1.82) is 0 Å². The molecule has 0 saturated carbocycles. The summed E-state index contributed by atoms with van der Waals surface area (Å²) in [5, 5.41) is 17.5. The molecule has 0 aliphatic carbocycles. The predicted molar refractivity (Wildman–Crippen MR) is 193 cm³/mol. The molecule has 0 spiro atoms. The van der Waals surface area contributed by atoms with E-state index in [1.807, 2.05) is 55.1 Å². The summed E-state index contributed by atoms with van der Waals surface area (Å²) in [7, 11) is 1.14. The van der Waals surface area contributed by atoms with E-state index in [0.29, 0.717) is 36.0 Å². The van der Waals surface area contributed by atoms with Crippen molar-refractivity contribution in [2.45, 2.75) is 39.5 Å². The van der Waals surface area contributed by atoms with E-state index in [0.717, 1.165) is 58.0 Å². The van der Waals surface area contributed by atoms with Crippen molar-refractivity contribution in [2.75, 3.05) is 37.1 Å². The van der Waals surface area contributed by atoms with Gasteiger partial charge in [0.25, 0.3) is 0 Å². The Morgan fingerprint density at radius 2 is 1.16 bits per heavy atom. The summed E-state index contributed by atoms with van der Waals surface area (Å²) < 4.78 is 10.0. The summed E-state index contributed by atoms with van der Waals surface area (Å²) in [6, 6.07) is 20.7. The molecule has 0 bridgehead atoms. The molecule has 0 atom stereocenters. The van der Waals surface area contributed by atoms with Gasteiger partial charge in [-0.25, -0.2) is 14.6 Å². The molecule has 12 nitrogen and oxygen atoms in total. The standard InChI is InChI=1S/C18H18N2O3.C10H11BrN2O.C8H9BO4/c1-3-17(21)20-11-10-15-16(20)9-8-14(19-15)12-4-6-13(7-5-12)18(22)23-2;1-2-10(14)13-6-5-7-8(13)3-4-9(11)12-7;1-13-8(10)6-2-4-7(5-3-6)9(11)12/h4-9H,3,10-11H2,1-2H3;3-4H,2,5-6H2,1H3;2-5,11-12H,1H3. The molecule has 0 fully saturated rings. The zero-order valence-electron chi connectivity index (χ0n) is 28.3. The number of pyridine rings is 2. The molecule has 14 heteroatoms. The lowest BCUT2D eigenvalue weighted by atomic mass is 9.80. The van der Waals surface area contributed by atoms with Crippen LogP contribution >= 0.6 is 15.9 Å². The van der Waals surface area contributed by atoms with Crippen LogP contribution in [0.1, 0.15) is 58.8 Å². The van der Waals surface area contributed by atoms with E-state index in [4.69, 9.17) is 14.8 Å². The van der Waals surface area contributed by atoms with Gasteiger partial charge in [-0.05, 0) is 69.9 Å². The highest BCUT2D eigenvalue weighted by molar-refractivity contribution is 9.10. The summed E-state index contributed by atoms with van der Waals surface area (Å²) in [4.78, 5) is 58.5. The summed E-state index contributed by atoms with van der Waals surface area (Å²) in [5.74, 6) is -0.500. The second-order valence-corrected chi connectivity index (χ2v) is 11.9. The van der Waals surface area contributed by atoms with Crippen molar-refractivity contribution in [3.63, 3.8) is 0 Å². The second kappa shape index (κ2) is 17.7. The van der Waals surface area contributed by atoms with Crippen molar-refractivity contribution in [3.8, 4) is 11.3 Å². The zero-order chi connectivity index (χ0) is 36.4. The number of nitrogens with zero attached hydrogens (tertiary/aromatic N) is 4. The summed E-state index contributed by atoms with van der Waals surface area (Å²) >= 11 is 3.32. The van der Waals surface area contributed by atoms with Gasteiger partial charge in [0.1, 0.15) is 4.60 Å². The number of carbonyl (C=O) groups excluding carboxylic acids is 4. The number of ether oxygens (including phenoxy) is 2. The minimum absolute atomic E-state index is 0.126. The number of amides is 2. The predicted octanol–water partition coefficient (Wildman–Crippen LogP) is 4.13. The molecule has 260 valence electrons. The molecule has 0 radical (unpaired) electrons. The average molecular weight is 745 g/mol. The smallest absolute Gasteiger partial charge is 0.465 e. The maximum Gasteiger partial charge on any atom is 0.488 e. The van der Waals surface area contributed by atoms with Crippen molar-refractivity contribution in [1.82, 2.24) is 9.97 Å². The third-order valence-electron chi connectivity index (χ3n) is 8.03. The molecule has 2 amide bonds. The Bertz CT molecular complexity index is 1840. The SMILES string of the molecule is CCC(=O)N1CCc2nc(-c3ccc(C(=O)OC)cc3)ccc21.CCC(=O)N1CCc2nc(Br)ccc21.COC(=O)c1ccc(B(O)O)cc1. The first-order valence-electron chi connectivity index (χ1n) is 16.0. The fourth-order valence-electron chi connectivity index (χ4n) is 5.36. The average Bonchev–Trinajstić information content (AvgIpc) is 3.78. The molecule has 0 unspecified atom stereocenters. The zero-order valence-corrected chi connectivity index (χ0v) is 29.8. The number of aromatic nitrogens is 2. The quantitative estimate of drug-likeness (QED) is 0.167. The first-order valence-corrected chi connectivity index (χ1v) is 16.8. The number of fused-ring (bicyclic) bond motifs is 2. The maximum atomic E-state index is 11.9. The van der Waals surface area contributed by atoms with Crippen molar-refractivity contribution < 1.29 is 38.7 Å². The second-order valence-electron chi connectivity index (χ2n) is 11.1. The van der Waals surface area contributed by atoms with Gasteiger partial charge in [-0.2, -0.15) is 0 Å². The number of esters is 2. The molecule has 0 saturated heterocycles. The van der Waals surface area contributed by atoms with Gasteiger partial charge in [0.15, 0.2) is 0 Å². The summed E-state index contributed by atoms with van der Waals surface area (Å²) in [6.45, 7) is 5.21. The van der Waals surface area contributed by atoms with Crippen molar-refractivity contribution in [2.24, 2.45) is 0 Å². The number of hydrogen-bond donors (Lipinski definition) is 2. The highest BCUT2D eigenvalue weighted by Crippen LogP contribution is 2.30. The lowest BCUT2D eigenvalue weighted by molar-refractivity contribution is -0.119. The molecule has 6 rings (SSSR count). The molecule has 4 aromatic rings. The number of rotatable bonds is 6. The van der Waals surface area contributed by atoms with Crippen molar-refractivity contribution >= 4 is 63.6 Å². The Morgan fingerprint density at radius 1 is 0.700 bits per heavy atom. The van der Waals surface area contributed by atoms with Crippen LogP contribution < -0.4 is 15.3 Å². The molecular weight excluding hydrogens is 707 g/mol. The van der Waals surface area contributed by atoms with Crippen LogP contribution in [0.15, 0.2) is 77.4 Å². The number of halogens is 1. The summed E-state index contributed by atoms with van der Waals surface area (Å²) in [5.41, 5.74) is 6.85. The Labute approximate surface area is 299 Å². The van der Waals surface area contributed by atoms with E-state index in [9.17, 15) is 19.2 Å². The van der Waals surface area contributed by atoms with Crippen LogP contribution in [0.4, 0.5) is 11.4 Å². The van der Waals surface area contributed by atoms with Gasteiger partial charge in [0.2, 0.25) is 11.8 Å².